The fourth-order valence-corrected chi connectivity index (χ4v) is 3.64. The van der Waals surface area contributed by atoms with Gasteiger partial charge in [-0.2, -0.15) is 0 Å². The molecule has 0 saturated heterocycles. The first-order valence-corrected chi connectivity index (χ1v) is 13.4. The van der Waals surface area contributed by atoms with Gasteiger partial charge in [-0.3, -0.25) is 0 Å². The minimum Gasteiger partial charge on any atom is -0.454 e. The summed E-state index contributed by atoms with van der Waals surface area (Å²) in [5, 5.41) is 10.9. The Bertz CT molecular complexity index is 844. The number of esters is 1. The van der Waals surface area contributed by atoms with Crippen molar-refractivity contribution >= 4 is 14.0 Å². The van der Waals surface area contributed by atoms with Crippen LogP contribution in [0.15, 0.2) is 73.3 Å². The van der Waals surface area contributed by atoms with Gasteiger partial charge in [-0.15, -0.1) is 11.5 Å². The lowest BCUT2D eigenvalue weighted by atomic mass is 9.87. The fraction of sp³-hybridized carbons (Fsp3) is 0.320. The van der Waals surface area contributed by atoms with E-state index >= 15 is 0 Å². The largest absolute Gasteiger partial charge is 0.454 e. The highest BCUT2D eigenvalue weighted by atomic mass is 28.3. The monoisotopic (exact) mass is 406 g/mol. The molecule has 2 aromatic rings. The standard InChI is InChI=1S/C25H30O3Si/c1-5-24(28-25(27)21-15-10-7-11-16-21)22(19-20-13-8-6-9-14-20)23(26)17-12-18-29(2,3)4/h5-11,13-16,22-24,26H,1,17,19H2,2-4H3/t22-,23?,24-/m1/s1. The number of carbonyl (C=O) groups is 1. The lowest BCUT2D eigenvalue weighted by Gasteiger charge is -2.28. The van der Waals surface area contributed by atoms with E-state index in [4.69, 9.17) is 4.74 Å². The Hall–Kier alpha value is -2.61. The van der Waals surface area contributed by atoms with Crippen molar-refractivity contribution in [3.63, 3.8) is 0 Å². The molecule has 0 aliphatic carbocycles. The number of carbonyl (C=O) groups excluding carboxylic acids is 1. The molecule has 1 N–H and O–H groups in total. The van der Waals surface area contributed by atoms with Gasteiger partial charge in [-0.25, -0.2) is 4.79 Å². The van der Waals surface area contributed by atoms with Crippen LogP contribution in [0.5, 0.6) is 0 Å². The summed E-state index contributed by atoms with van der Waals surface area (Å²) in [5.74, 6) is 2.39. The molecule has 2 rings (SSSR count). The lowest BCUT2D eigenvalue weighted by Crippen LogP contribution is -2.35. The summed E-state index contributed by atoms with van der Waals surface area (Å²) in [6.07, 6.45) is 1.16. The predicted octanol–water partition coefficient (Wildman–Crippen LogP) is 4.89. The highest BCUT2D eigenvalue weighted by Crippen LogP contribution is 2.23. The van der Waals surface area contributed by atoms with Crippen molar-refractivity contribution in [1.82, 2.24) is 0 Å². The number of hydrogen-bond acceptors (Lipinski definition) is 3. The van der Waals surface area contributed by atoms with Crippen LogP contribution in [0.2, 0.25) is 19.6 Å². The van der Waals surface area contributed by atoms with E-state index in [1.54, 1.807) is 30.3 Å². The molecule has 1 unspecified atom stereocenters. The first-order valence-electron chi connectivity index (χ1n) is 9.91. The number of benzene rings is 2. The number of hydrogen-bond donors (Lipinski definition) is 1. The first kappa shape index (κ1) is 22.7. The summed E-state index contributed by atoms with van der Waals surface area (Å²) in [6, 6.07) is 18.7. The van der Waals surface area contributed by atoms with Gasteiger partial charge in [-0.05, 0) is 24.1 Å². The van der Waals surface area contributed by atoms with Crippen LogP contribution >= 0.6 is 0 Å². The predicted molar refractivity (Wildman–Crippen MR) is 121 cm³/mol. The maximum absolute atomic E-state index is 12.6. The van der Waals surface area contributed by atoms with Crippen LogP contribution in [0.25, 0.3) is 0 Å². The van der Waals surface area contributed by atoms with Gasteiger partial charge in [-0.1, -0.05) is 80.8 Å². The molecule has 0 aromatic heterocycles. The lowest BCUT2D eigenvalue weighted by molar-refractivity contribution is -0.000143. The molecule has 3 atom stereocenters. The van der Waals surface area contributed by atoms with Crippen LogP contribution in [0, 0.1) is 17.4 Å². The van der Waals surface area contributed by atoms with Gasteiger partial charge in [0.05, 0.1) is 11.7 Å². The summed E-state index contributed by atoms with van der Waals surface area (Å²) in [4.78, 5) is 12.6. The van der Waals surface area contributed by atoms with Crippen molar-refractivity contribution in [2.45, 2.75) is 44.7 Å². The molecule has 0 saturated carbocycles. The molecule has 29 heavy (non-hydrogen) atoms. The summed E-state index contributed by atoms with van der Waals surface area (Å²) in [5.41, 5.74) is 4.83. The Labute approximate surface area is 175 Å². The number of ether oxygens (including phenoxy) is 1. The van der Waals surface area contributed by atoms with Crippen molar-refractivity contribution < 1.29 is 14.6 Å². The number of aliphatic hydroxyl groups is 1. The first-order chi connectivity index (χ1) is 13.8. The van der Waals surface area contributed by atoms with Gasteiger partial charge in [0.25, 0.3) is 0 Å². The molecule has 152 valence electrons. The Morgan fingerprint density at radius 3 is 2.24 bits per heavy atom. The van der Waals surface area contributed by atoms with Gasteiger partial charge in [0.1, 0.15) is 14.2 Å². The van der Waals surface area contributed by atoms with Crippen LogP contribution in [-0.2, 0) is 11.2 Å². The molecule has 3 nitrogen and oxygen atoms in total. The van der Waals surface area contributed by atoms with Gasteiger partial charge in [0, 0.05) is 12.3 Å². The second-order valence-electron chi connectivity index (χ2n) is 8.15. The van der Waals surface area contributed by atoms with E-state index in [1.807, 2.05) is 36.4 Å². The third-order valence-electron chi connectivity index (χ3n) is 4.49. The van der Waals surface area contributed by atoms with Crippen LogP contribution < -0.4 is 0 Å². The third kappa shape index (κ3) is 7.73. The zero-order valence-electron chi connectivity index (χ0n) is 17.5. The minimum atomic E-state index is -1.52. The Morgan fingerprint density at radius 2 is 1.69 bits per heavy atom. The summed E-state index contributed by atoms with van der Waals surface area (Å²) in [6.45, 7) is 10.4. The van der Waals surface area contributed by atoms with E-state index in [1.165, 1.54) is 0 Å². The second-order valence-corrected chi connectivity index (χ2v) is 12.9. The molecule has 0 amide bonds. The maximum Gasteiger partial charge on any atom is 0.338 e. The van der Waals surface area contributed by atoms with Crippen molar-refractivity contribution in [3.8, 4) is 11.5 Å². The van der Waals surface area contributed by atoms with E-state index in [0.29, 0.717) is 18.4 Å². The summed E-state index contributed by atoms with van der Waals surface area (Å²) < 4.78 is 5.73. The average molecular weight is 407 g/mol. The highest BCUT2D eigenvalue weighted by molar-refractivity contribution is 6.83. The smallest absolute Gasteiger partial charge is 0.338 e. The van der Waals surface area contributed by atoms with Crippen LogP contribution in [-0.4, -0.2) is 31.4 Å². The van der Waals surface area contributed by atoms with Crippen molar-refractivity contribution in [2.24, 2.45) is 5.92 Å². The molecule has 0 heterocycles. The average Bonchev–Trinajstić information content (AvgIpc) is 2.70. The third-order valence-corrected chi connectivity index (χ3v) is 5.42. The fourth-order valence-electron chi connectivity index (χ4n) is 3.01. The Kier molecular flexibility index (Phi) is 8.45. The maximum atomic E-state index is 12.6. The second kappa shape index (κ2) is 10.8. The van der Waals surface area contributed by atoms with E-state index in [2.05, 4.69) is 37.7 Å². The molecule has 4 heteroatoms. The molecular formula is C25H30O3Si. The van der Waals surface area contributed by atoms with Crippen LogP contribution in [0.4, 0.5) is 0 Å². The Morgan fingerprint density at radius 1 is 1.10 bits per heavy atom. The zero-order chi connectivity index (χ0) is 21.3. The van der Waals surface area contributed by atoms with Gasteiger partial charge >= 0.3 is 5.97 Å². The summed E-state index contributed by atoms with van der Waals surface area (Å²) in [7, 11) is -1.52. The van der Waals surface area contributed by atoms with E-state index in [0.717, 1.165) is 5.56 Å². The molecule has 0 fully saturated rings. The van der Waals surface area contributed by atoms with E-state index in [9.17, 15) is 9.90 Å². The van der Waals surface area contributed by atoms with Crippen LogP contribution in [0.1, 0.15) is 22.3 Å². The number of rotatable bonds is 8. The molecule has 2 aromatic carbocycles. The molecule has 0 bridgehead atoms. The quantitative estimate of drug-likeness (QED) is 0.294. The molecular weight excluding hydrogens is 376 g/mol. The van der Waals surface area contributed by atoms with E-state index in [-0.39, 0.29) is 5.92 Å². The molecule has 0 spiro atoms. The summed E-state index contributed by atoms with van der Waals surface area (Å²) >= 11 is 0. The van der Waals surface area contributed by atoms with Crippen molar-refractivity contribution in [2.75, 3.05) is 0 Å². The van der Waals surface area contributed by atoms with E-state index < -0.39 is 26.3 Å². The zero-order valence-corrected chi connectivity index (χ0v) is 18.5. The highest BCUT2D eigenvalue weighted by Gasteiger charge is 2.29. The van der Waals surface area contributed by atoms with Gasteiger partial charge in [0.15, 0.2) is 0 Å². The molecule has 0 aliphatic rings. The van der Waals surface area contributed by atoms with Crippen molar-refractivity contribution in [1.29, 1.82) is 0 Å². The van der Waals surface area contributed by atoms with Gasteiger partial charge < -0.3 is 9.84 Å². The van der Waals surface area contributed by atoms with Gasteiger partial charge in [0.2, 0.25) is 0 Å². The SMILES string of the molecule is C=C[C@@H](OC(=O)c1ccccc1)[C@H](Cc1ccccc1)C(O)CC#C[Si](C)(C)C. The number of aliphatic hydroxyl groups excluding tert-OH is 1. The van der Waals surface area contributed by atoms with Crippen molar-refractivity contribution in [3.05, 3.63) is 84.4 Å². The normalized spacial score (nSPS) is 14.1. The Balaban J connectivity index is 2.21. The molecule has 0 aliphatic heterocycles. The topological polar surface area (TPSA) is 46.5 Å². The van der Waals surface area contributed by atoms with Crippen LogP contribution in [0.3, 0.4) is 0 Å². The minimum absolute atomic E-state index is 0.335. The molecule has 0 radical (unpaired) electrons.